The molecule has 104 valence electrons. The van der Waals surface area contributed by atoms with E-state index < -0.39 is 5.97 Å². The van der Waals surface area contributed by atoms with Crippen LogP contribution in [0.2, 0.25) is 0 Å². The van der Waals surface area contributed by atoms with Gasteiger partial charge in [-0.15, -0.1) is 0 Å². The van der Waals surface area contributed by atoms with E-state index in [2.05, 4.69) is 5.32 Å². The fourth-order valence-electron chi connectivity index (χ4n) is 2.18. The summed E-state index contributed by atoms with van der Waals surface area (Å²) in [7, 11) is 1.35. The fourth-order valence-corrected chi connectivity index (χ4v) is 2.18. The van der Waals surface area contributed by atoms with Crippen molar-refractivity contribution >= 4 is 17.3 Å². The number of nitrogens with one attached hydrogen (secondary N) is 1. The van der Waals surface area contributed by atoms with Crippen molar-refractivity contribution in [3.05, 3.63) is 23.8 Å². The molecule has 1 saturated heterocycles. The zero-order chi connectivity index (χ0) is 13.7. The molecule has 1 atom stereocenters. The number of ether oxygens (including phenoxy) is 2. The van der Waals surface area contributed by atoms with Crippen molar-refractivity contribution in [3.8, 4) is 0 Å². The molecule has 0 saturated carbocycles. The topological polar surface area (TPSA) is 73.6 Å². The highest BCUT2D eigenvalue weighted by Crippen LogP contribution is 2.20. The summed E-state index contributed by atoms with van der Waals surface area (Å²) in [4.78, 5) is 11.5. The molecule has 5 heteroatoms. The molecule has 1 unspecified atom stereocenters. The maximum absolute atomic E-state index is 11.5. The first-order valence-corrected chi connectivity index (χ1v) is 6.50. The molecule has 2 rings (SSSR count). The van der Waals surface area contributed by atoms with Gasteiger partial charge in [0.05, 0.1) is 19.3 Å². The lowest BCUT2D eigenvalue weighted by Gasteiger charge is -2.22. The third kappa shape index (κ3) is 3.61. The van der Waals surface area contributed by atoms with Crippen molar-refractivity contribution in [2.24, 2.45) is 5.92 Å². The Balaban J connectivity index is 1.98. The van der Waals surface area contributed by atoms with Gasteiger partial charge < -0.3 is 20.5 Å². The first kappa shape index (κ1) is 13.7. The maximum atomic E-state index is 11.5. The van der Waals surface area contributed by atoms with Crippen LogP contribution in [0.5, 0.6) is 0 Å². The number of nitrogens with two attached hydrogens (primary N) is 1. The molecule has 3 N–H and O–H groups in total. The van der Waals surface area contributed by atoms with E-state index in [9.17, 15) is 4.79 Å². The van der Waals surface area contributed by atoms with Crippen molar-refractivity contribution in [1.29, 1.82) is 0 Å². The van der Waals surface area contributed by atoms with Crippen LogP contribution in [-0.2, 0) is 9.47 Å². The van der Waals surface area contributed by atoms with E-state index in [1.165, 1.54) is 13.5 Å². The molecule has 0 amide bonds. The fraction of sp³-hybridized carbons (Fsp3) is 0.500. The minimum absolute atomic E-state index is 0.396. The summed E-state index contributed by atoms with van der Waals surface area (Å²) in [5.74, 6) is 0.107. The van der Waals surface area contributed by atoms with Gasteiger partial charge in [-0.2, -0.15) is 0 Å². The second-order valence-electron chi connectivity index (χ2n) is 4.76. The molecule has 19 heavy (non-hydrogen) atoms. The highest BCUT2D eigenvalue weighted by atomic mass is 16.5. The van der Waals surface area contributed by atoms with E-state index in [1.54, 1.807) is 12.1 Å². The van der Waals surface area contributed by atoms with Gasteiger partial charge in [-0.25, -0.2) is 4.79 Å². The zero-order valence-corrected chi connectivity index (χ0v) is 11.1. The number of hydrogen-bond donors (Lipinski definition) is 2. The van der Waals surface area contributed by atoms with Crippen LogP contribution in [0.1, 0.15) is 23.2 Å². The van der Waals surface area contributed by atoms with Gasteiger partial charge in [0.1, 0.15) is 0 Å². The van der Waals surface area contributed by atoms with Crippen LogP contribution >= 0.6 is 0 Å². The standard InChI is InChI=1S/C14H20N2O3/c1-18-14(17)12-7-11(4-5-13(12)15)16-8-10-3-2-6-19-9-10/h4-5,7,10,16H,2-3,6,8-9,15H2,1H3. The Morgan fingerprint density at radius 1 is 1.58 bits per heavy atom. The molecule has 1 aromatic rings. The average molecular weight is 264 g/mol. The molecule has 1 aromatic carbocycles. The van der Waals surface area contributed by atoms with Crippen LogP contribution in [0.4, 0.5) is 11.4 Å². The van der Waals surface area contributed by atoms with E-state index in [1.807, 2.05) is 6.07 Å². The van der Waals surface area contributed by atoms with Crippen LogP contribution in [-0.4, -0.2) is 32.8 Å². The highest BCUT2D eigenvalue weighted by Gasteiger charge is 2.14. The van der Waals surface area contributed by atoms with Crippen LogP contribution in [0.3, 0.4) is 0 Å². The number of nitrogen functional groups attached to an aromatic ring is 1. The summed E-state index contributed by atoms with van der Waals surface area (Å²) in [6.07, 6.45) is 2.29. The maximum Gasteiger partial charge on any atom is 0.340 e. The number of esters is 1. The second-order valence-corrected chi connectivity index (χ2v) is 4.76. The van der Waals surface area contributed by atoms with Crippen LogP contribution < -0.4 is 11.1 Å². The first-order chi connectivity index (χ1) is 9.20. The van der Waals surface area contributed by atoms with Gasteiger partial charge in [-0.3, -0.25) is 0 Å². The largest absolute Gasteiger partial charge is 0.465 e. The molecule has 1 aliphatic rings. The molecule has 5 nitrogen and oxygen atoms in total. The van der Waals surface area contributed by atoms with E-state index in [0.717, 1.165) is 31.9 Å². The molecule has 0 aliphatic carbocycles. The lowest BCUT2D eigenvalue weighted by Crippen LogP contribution is -2.24. The number of benzene rings is 1. The molecule has 0 bridgehead atoms. The van der Waals surface area contributed by atoms with Crippen molar-refractivity contribution < 1.29 is 14.3 Å². The van der Waals surface area contributed by atoms with Gasteiger partial charge in [0.15, 0.2) is 0 Å². The third-order valence-corrected chi connectivity index (χ3v) is 3.31. The molecule has 1 fully saturated rings. The molecular formula is C14H20N2O3. The summed E-state index contributed by atoms with van der Waals surface area (Å²) >= 11 is 0. The number of methoxy groups -OCH3 is 1. The number of carbonyl (C=O) groups is 1. The van der Waals surface area contributed by atoms with Gasteiger partial charge in [-0.1, -0.05) is 0 Å². The Morgan fingerprint density at radius 3 is 3.11 bits per heavy atom. The lowest BCUT2D eigenvalue weighted by molar-refractivity contribution is 0.0593. The SMILES string of the molecule is COC(=O)c1cc(NCC2CCCOC2)ccc1N. The molecule has 0 radical (unpaired) electrons. The Kier molecular flexibility index (Phi) is 4.63. The smallest absolute Gasteiger partial charge is 0.340 e. The molecule has 1 aliphatic heterocycles. The molecule has 0 spiro atoms. The number of rotatable bonds is 4. The van der Waals surface area contributed by atoms with Crippen LogP contribution in [0.25, 0.3) is 0 Å². The van der Waals surface area contributed by atoms with Gasteiger partial charge in [0.25, 0.3) is 0 Å². The summed E-state index contributed by atoms with van der Waals surface area (Å²) < 4.78 is 10.1. The first-order valence-electron chi connectivity index (χ1n) is 6.50. The summed E-state index contributed by atoms with van der Waals surface area (Å²) in [6, 6.07) is 5.31. The Bertz CT molecular complexity index is 442. The van der Waals surface area contributed by atoms with Crippen molar-refractivity contribution in [1.82, 2.24) is 0 Å². The second kappa shape index (κ2) is 6.43. The van der Waals surface area contributed by atoms with Gasteiger partial charge in [0, 0.05) is 24.5 Å². The molecular weight excluding hydrogens is 244 g/mol. The Morgan fingerprint density at radius 2 is 2.42 bits per heavy atom. The predicted octanol–water partition coefficient (Wildman–Crippen LogP) is 1.89. The summed E-state index contributed by atoms with van der Waals surface area (Å²) in [5.41, 5.74) is 7.46. The Hall–Kier alpha value is -1.75. The minimum atomic E-state index is -0.415. The van der Waals surface area contributed by atoms with E-state index in [4.69, 9.17) is 15.2 Å². The molecule has 1 heterocycles. The van der Waals surface area contributed by atoms with Gasteiger partial charge in [-0.05, 0) is 37.0 Å². The highest BCUT2D eigenvalue weighted by molar-refractivity contribution is 5.96. The lowest BCUT2D eigenvalue weighted by atomic mass is 10.0. The van der Waals surface area contributed by atoms with Crippen molar-refractivity contribution in [2.45, 2.75) is 12.8 Å². The van der Waals surface area contributed by atoms with Crippen molar-refractivity contribution in [3.63, 3.8) is 0 Å². The normalized spacial score (nSPS) is 18.9. The Labute approximate surface area is 113 Å². The van der Waals surface area contributed by atoms with Crippen LogP contribution in [0.15, 0.2) is 18.2 Å². The summed E-state index contributed by atoms with van der Waals surface area (Å²) in [5, 5.41) is 3.32. The predicted molar refractivity (Wildman–Crippen MR) is 74.2 cm³/mol. The molecule has 0 aromatic heterocycles. The van der Waals surface area contributed by atoms with Gasteiger partial charge in [0.2, 0.25) is 0 Å². The number of anilines is 2. The van der Waals surface area contributed by atoms with E-state index in [-0.39, 0.29) is 0 Å². The quantitative estimate of drug-likeness (QED) is 0.641. The van der Waals surface area contributed by atoms with Crippen LogP contribution in [0, 0.1) is 5.92 Å². The monoisotopic (exact) mass is 264 g/mol. The van der Waals surface area contributed by atoms with Crippen molar-refractivity contribution in [2.75, 3.05) is 37.9 Å². The average Bonchev–Trinajstić information content (AvgIpc) is 2.46. The third-order valence-electron chi connectivity index (χ3n) is 3.31. The minimum Gasteiger partial charge on any atom is -0.465 e. The summed E-state index contributed by atoms with van der Waals surface area (Å²) in [6.45, 7) is 2.50. The number of carbonyl (C=O) groups excluding carboxylic acids is 1. The van der Waals surface area contributed by atoms with Gasteiger partial charge >= 0.3 is 5.97 Å². The zero-order valence-electron chi connectivity index (χ0n) is 11.1. The van der Waals surface area contributed by atoms with E-state index >= 15 is 0 Å². The number of hydrogen-bond acceptors (Lipinski definition) is 5. The van der Waals surface area contributed by atoms with E-state index in [0.29, 0.717) is 17.2 Å².